The third kappa shape index (κ3) is 5.02. The summed E-state index contributed by atoms with van der Waals surface area (Å²) in [5, 5.41) is 3.40. The van der Waals surface area contributed by atoms with Gasteiger partial charge in [-0.15, -0.1) is 0 Å². The van der Waals surface area contributed by atoms with E-state index >= 15 is 0 Å². The van der Waals surface area contributed by atoms with Gasteiger partial charge in [-0.2, -0.15) is 0 Å². The maximum atomic E-state index is 13.7. The molecule has 146 valence electrons. The lowest BCUT2D eigenvalue weighted by Crippen LogP contribution is -2.13. The van der Waals surface area contributed by atoms with E-state index in [9.17, 15) is 4.39 Å². The highest BCUT2D eigenvalue weighted by Crippen LogP contribution is 2.29. The van der Waals surface area contributed by atoms with Crippen LogP contribution < -0.4 is 19.5 Å². The molecule has 3 aromatic carbocycles. The van der Waals surface area contributed by atoms with E-state index in [4.69, 9.17) is 14.2 Å². The number of halogens is 1. The van der Waals surface area contributed by atoms with E-state index in [2.05, 4.69) is 5.32 Å². The zero-order valence-electron chi connectivity index (χ0n) is 16.1. The number of para-hydroxylation sites is 1. The van der Waals surface area contributed by atoms with E-state index < -0.39 is 0 Å². The Hall–Kier alpha value is -3.05. The van der Waals surface area contributed by atoms with Crippen LogP contribution in [-0.2, 0) is 19.7 Å². The minimum atomic E-state index is -0.279. The van der Waals surface area contributed by atoms with Gasteiger partial charge in [-0.25, -0.2) is 4.39 Å². The summed E-state index contributed by atoms with van der Waals surface area (Å²) in [5.41, 5.74) is 2.67. The zero-order valence-corrected chi connectivity index (χ0v) is 16.1. The predicted molar refractivity (Wildman–Crippen MR) is 107 cm³/mol. The third-order valence-corrected chi connectivity index (χ3v) is 4.41. The van der Waals surface area contributed by atoms with Gasteiger partial charge in [0.25, 0.3) is 0 Å². The summed E-state index contributed by atoms with van der Waals surface area (Å²) >= 11 is 0. The number of rotatable bonds is 9. The van der Waals surface area contributed by atoms with E-state index in [-0.39, 0.29) is 12.4 Å². The van der Waals surface area contributed by atoms with Crippen LogP contribution >= 0.6 is 0 Å². The van der Waals surface area contributed by atoms with Gasteiger partial charge in [0.05, 0.1) is 14.2 Å². The smallest absolute Gasteiger partial charge is 0.161 e. The average Bonchev–Trinajstić information content (AvgIpc) is 2.74. The van der Waals surface area contributed by atoms with Crippen molar-refractivity contribution in [2.75, 3.05) is 14.2 Å². The Balaban J connectivity index is 1.60. The van der Waals surface area contributed by atoms with Crippen LogP contribution in [-0.4, -0.2) is 14.2 Å². The minimum Gasteiger partial charge on any atom is -0.496 e. The Kier molecular flexibility index (Phi) is 6.87. The van der Waals surface area contributed by atoms with Crippen molar-refractivity contribution < 1.29 is 18.6 Å². The fourth-order valence-electron chi connectivity index (χ4n) is 2.90. The molecule has 4 nitrogen and oxygen atoms in total. The molecule has 0 fully saturated rings. The first-order chi connectivity index (χ1) is 13.7. The second-order valence-electron chi connectivity index (χ2n) is 6.28. The Bertz CT molecular complexity index is 914. The van der Waals surface area contributed by atoms with Crippen LogP contribution in [0.4, 0.5) is 4.39 Å². The molecular formula is C23H24FNO3. The summed E-state index contributed by atoms with van der Waals surface area (Å²) in [4.78, 5) is 0. The van der Waals surface area contributed by atoms with Crippen LogP contribution in [0.2, 0.25) is 0 Å². The van der Waals surface area contributed by atoms with Gasteiger partial charge >= 0.3 is 0 Å². The standard InChI is InChI=1S/C23H24FNO3/c1-26-21-10-6-4-7-18(21)15-25-14-17-11-12-22(23(13-17)27-2)28-16-19-8-3-5-9-20(19)24/h3-13,25H,14-16H2,1-2H3. The molecule has 0 saturated heterocycles. The predicted octanol–water partition coefficient (Wildman–Crippen LogP) is 4.71. The molecule has 0 spiro atoms. The van der Waals surface area contributed by atoms with Crippen molar-refractivity contribution in [3.05, 3.63) is 89.2 Å². The summed E-state index contributed by atoms with van der Waals surface area (Å²) in [6.45, 7) is 1.51. The Morgan fingerprint density at radius 2 is 1.46 bits per heavy atom. The number of hydrogen-bond donors (Lipinski definition) is 1. The highest BCUT2D eigenvalue weighted by Gasteiger charge is 2.08. The molecule has 0 saturated carbocycles. The van der Waals surface area contributed by atoms with Gasteiger partial charge in [0.1, 0.15) is 18.2 Å². The number of ether oxygens (including phenoxy) is 3. The number of hydrogen-bond acceptors (Lipinski definition) is 4. The maximum absolute atomic E-state index is 13.7. The topological polar surface area (TPSA) is 39.7 Å². The lowest BCUT2D eigenvalue weighted by Gasteiger charge is -2.13. The van der Waals surface area contributed by atoms with Gasteiger partial charge in [0.2, 0.25) is 0 Å². The fourth-order valence-corrected chi connectivity index (χ4v) is 2.90. The molecule has 0 aliphatic heterocycles. The van der Waals surface area contributed by atoms with Crippen molar-refractivity contribution in [1.29, 1.82) is 0 Å². The van der Waals surface area contributed by atoms with Crippen LogP contribution in [0.5, 0.6) is 17.2 Å². The van der Waals surface area contributed by atoms with Gasteiger partial charge in [-0.1, -0.05) is 42.5 Å². The molecule has 3 aromatic rings. The Morgan fingerprint density at radius 1 is 0.750 bits per heavy atom. The molecule has 0 radical (unpaired) electrons. The van der Waals surface area contributed by atoms with Gasteiger partial charge in [0.15, 0.2) is 11.5 Å². The molecule has 0 aromatic heterocycles. The second-order valence-corrected chi connectivity index (χ2v) is 6.28. The van der Waals surface area contributed by atoms with Gasteiger partial charge < -0.3 is 19.5 Å². The van der Waals surface area contributed by atoms with Crippen molar-refractivity contribution in [2.24, 2.45) is 0 Å². The molecule has 0 aliphatic carbocycles. The van der Waals surface area contributed by atoms with E-state index in [1.54, 1.807) is 32.4 Å². The first-order valence-electron chi connectivity index (χ1n) is 9.07. The Morgan fingerprint density at radius 3 is 2.21 bits per heavy atom. The molecular weight excluding hydrogens is 357 g/mol. The van der Waals surface area contributed by atoms with Crippen LogP contribution in [0.1, 0.15) is 16.7 Å². The molecule has 0 aliphatic rings. The van der Waals surface area contributed by atoms with Crippen LogP contribution in [0.25, 0.3) is 0 Å². The summed E-state index contributed by atoms with van der Waals surface area (Å²) < 4.78 is 30.3. The normalized spacial score (nSPS) is 10.5. The molecule has 28 heavy (non-hydrogen) atoms. The largest absolute Gasteiger partial charge is 0.496 e. The Labute approximate surface area is 164 Å². The number of nitrogens with one attached hydrogen (secondary N) is 1. The molecule has 0 heterocycles. The van der Waals surface area contributed by atoms with E-state index in [0.717, 1.165) is 16.9 Å². The zero-order chi connectivity index (χ0) is 19.8. The molecule has 5 heteroatoms. The van der Waals surface area contributed by atoms with Gasteiger partial charge in [-0.3, -0.25) is 0 Å². The molecule has 3 rings (SSSR count). The van der Waals surface area contributed by atoms with E-state index in [1.165, 1.54) is 6.07 Å². The van der Waals surface area contributed by atoms with Crippen molar-refractivity contribution in [3.8, 4) is 17.2 Å². The number of methoxy groups -OCH3 is 2. The van der Waals surface area contributed by atoms with Crippen LogP contribution in [0.15, 0.2) is 66.7 Å². The number of benzene rings is 3. The second kappa shape index (κ2) is 9.76. The lowest BCUT2D eigenvalue weighted by molar-refractivity contribution is 0.279. The van der Waals surface area contributed by atoms with E-state index in [1.807, 2.05) is 42.5 Å². The SMILES string of the molecule is COc1ccccc1CNCc1ccc(OCc2ccccc2F)c(OC)c1. The first-order valence-corrected chi connectivity index (χ1v) is 9.07. The average molecular weight is 381 g/mol. The fraction of sp³-hybridized carbons (Fsp3) is 0.217. The summed E-state index contributed by atoms with van der Waals surface area (Å²) in [7, 11) is 3.26. The first kappa shape index (κ1) is 19.7. The molecule has 0 atom stereocenters. The molecule has 1 N–H and O–H groups in total. The van der Waals surface area contributed by atoms with E-state index in [0.29, 0.717) is 30.2 Å². The summed E-state index contributed by atoms with van der Waals surface area (Å²) in [6, 6.07) is 20.2. The van der Waals surface area contributed by atoms with Crippen molar-refractivity contribution in [3.63, 3.8) is 0 Å². The maximum Gasteiger partial charge on any atom is 0.161 e. The lowest BCUT2D eigenvalue weighted by atomic mass is 10.1. The highest BCUT2D eigenvalue weighted by molar-refractivity contribution is 5.43. The van der Waals surface area contributed by atoms with Crippen molar-refractivity contribution in [2.45, 2.75) is 19.7 Å². The quantitative estimate of drug-likeness (QED) is 0.583. The van der Waals surface area contributed by atoms with Crippen molar-refractivity contribution in [1.82, 2.24) is 5.32 Å². The summed E-state index contributed by atoms with van der Waals surface area (Å²) in [5.74, 6) is 1.79. The third-order valence-electron chi connectivity index (χ3n) is 4.41. The van der Waals surface area contributed by atoms with Gasteiger partial charge in [-0.05, 0) is 29.8 Å². The van der Waals surface area contributed by atoms with Crippen LogP contribution in [0, 0.1) is 5.82 Å². The molecule has 0 amide bonds. The minimum absolute atomic E-state index is 0.147. The highest BCUT2D eigenvalue weighted by atomic mass is 19.1. The van der Waals surface area contributed by atoms with Gasteiger partial charge in [0, 0.05) is 24.2 Å². The molecule has 0 unspecified atom stereocenters. The summed E-state index contributed by atoms with van der Waals surface area (Å²) in [6.07, 6.45) is 0. The molecule has 0 bridgehead atoms. The van der Waals surface area contributed by atoms with Crippen molar-refractivity contribution >= 4 is 0 Å². The van der Waals surface area contributed by atoms with Crippen LogP contribution in [0.3, 0.4) is 0 Å². The monoisotopic (exact) mass is 381 g/mol.